The highest BCUT2D eigenvalue weighted by molar-refractivity contribution is 8.00. The minimum absolute atomic E-state index is 0.236. The highest BCUT2D eigenvalue weighted by Crippen LogP contribution is 2.27. The summed E-state index contributed by atoms with van der Waals surface area (Å²) in [6.07, 6.45) is 0.575. The molecule has 0 bridgehead atoms. The summed E-state index contributed by atoms with van der Waals surface area (Å²) in [6, 6.07) is 8.17. The molecule has 3 unspecified atom stereocenters. The lowest BCUT2D eigenvalue weighted by Gasteiger charge is -2.38. The van der Waals surface area contributed by atoms with Gasteiger partial charge < -0.3 is 10.6 Å². The van der Waals surface area contributed by atoms with Crippen LogP contribution >= 0.6 is 11.8 Å². The summed E-state index contributed by atoms with van der Waals surface area (Å²) in [5.41, 5.74) is 7.65. The van der Waals surface area contributed by atoms with E-state index in [-0.39, 0.29) is 11.8 Å². The van der Waals surface area contributed by atoms with Crippen molar-refractivity contribution in [1.82, 2.24) is 4.90 Å². The van der Waals surface area contributed by atoms with Crippen molar-refractivity contribution in [2.75, 3.05) is 18.0 Å². The zero-order valence-corrected chi connectivity index (χ0v) is 13.3. The molecule has 1 aliphatic heterocycles. The standard InChI is InChI=1S/C16H24N2OS/c1-11(14-4-6-15(17)7-5-14)10-16(19)18-8-9-20-13(3)12(18)2/h4-7,11-13H,8-10,17H2,1-3H3. The third-order valence-electron chi connectivity index (χ3n) is 4.19. The number of hydrogen-bond acceptors (Lipinski definition) is 3. The molecule has 1 aliphatic rings. The van der Waals surface area contributed by atoms with E-state index in [9.17, 15) is 4.79 Å². The fourth-order valence-electron chi connectivity index (χ4n) is 2.61. The van der Waals surface area contributed by atoms with Crippen LogP contribution in [-0.2, 0) is 4.79 Å². The average Bonchev–Trinajstić information content (AvgIpc) is 2.42. The lowest BCUT2D eigenvalue weighted by atomic mass is 9.96. The highest BCUT2D eigenvalue weighted by Gasteiger charge is 2.29. The van der Waals surface area contributed by atoms with Crippen LogP contribution in [0.3, 0.4) is 0 Å². The molecule has 1 aromatic carbocycles. The SMILES string of the molecule is CC(CC(=O)N1CCSC(C)C1C)c1ccc(N)cc1. The molecule has 110 valence electrons. The van der Waals surface area contributed by atoms with Crippen LogP contribution in [0.4, 0.5) is 5.69 Å². The first-order chi connectivity index (χ1) is 9.49. The van der Waals surface area contributed by atoms with Crippen LogP contribution in [0.25, 0.3) is 0 Å². The highest BCUT2D eigenvalue weighted by atomic mass is 32.2. The Morgan fingerprint density at radius 3 is 2.70 bits per heavy atom. The number of rotatable bonds is 3. The van der Waals surface area contributed by atoms with Gasteiger partial charge in [-0.05, 0) is 30.5 Å². The van der Waals surface area contributed by atoms with E-state index in [0.29, 0.717) is 17.7 Å². The second-order valence-corrected chi connectivity index (χ2v) is 7.16. The zero-order chi connectivity index (χ0) is 14.7. The van der Waals surface area contributed by atoms with Crippen molar-refractivity contribution in [1.29, 1.82) is 0 Å². The van der Waals surface area contributed by atoms with Crippen molar-refractivity contribution in [3.8, 4) is 0 Å². The van der Waals surface area contributed by atoms with E-state index >= 15 is 0 Å². The van der Waals surface area contributed by atoms with Crippen molar-refractivity contribution in [2.45, 2.75) is 44.4 Å². The maximum atomic E-state index is 12.5. The van der Waals surface area contributed by atoms with Crippen LogP contribution in [0.5, 0.6) is 0 Å². The molecule has 1 heterocycles. The van der Waals surface area contributed by atoms with E-state index in [2.05, 4.69) is 25.7 Å². The third-order valence-corrected chi connectivity index (χ3v) is 5.53. The van der Waals surface area contributed by atoms with Crippen LogP contribution in [0.1, 0.15) is 38.7 Å². The number of nitrogen functional groups attached to an aromatic ring is 1. The Morgan fingerprint density at radius 2 is 2.05 bits per heavy atom. The fraction of sp³-hybridized carbons (Fsp3) is 0.562. The van der Waals surface area contributed by atoms with Crippen LogP contribution in [0.15, 0.2) is 24.3 Å². The van der Waals surface area contributed by atoms with Crippen LogP contribution in [-0.4, -0.2) is 34.4 Å². The van der Waals surface area contributed by atoms with Gasteiger partial charge in [0.15, 0.2) is 0 Å². The molecule has 0 aliphatic carbocycles. The van der Waals surface area contributed by atoms with Gasteiger partial charge in [-0.3, -0.25) is 4.79 Å². The predicted octanol–water partition coefficient (Wildman–Crippen LogP) is 3.11. The summed E-state index contributed by atoms with van der Waals surface area (Å²) in [6.45, 7) is 7.35. The smallest absolute Gasteiger partial charge is 0.223 e. The molecular formula is C16H24N2OS. The number of amides is 1. The van der Waals surface area contributed by atoms with Crippen molar-refractivity contribution in [2.24, 2.45) is 0 Å². The average molecular weight is 292 g/mol. The summed E-state index contributed by atoms with van der Waals surface area (Å²) < 4.78 is 0. The van der Waals surface area contributed by atoms with E-state index in [4.69, 9.17) is 5.73 Å². The van der Waals surface area contributed by atoms with Gasteiger partial charge in [-0.25, -0.2) is 0 Å². The third kappa shape index (κ3) is 3.48. The monoisotopic (exact) mass is 292 g/mol. The first-order valence-electron chi connectivity index (χ1n) is 7.25. The number of benzene rings is 1. The number of thioether (sulfide) groups is 1. The zero-order valence-electron chi connectivity index (χ0n) is 12.5. The summed E-state index contributed by atoms with van der Waals surface area (Å²) in [4.78, 5) is 14.5. The molecule has 4 heteroatoms. The number of anilines is 1. The number of carbonyl (C=O) groups is 1. The van der Waals surface area contributed by atoms with Crippen LogP contribution in [0.2, 0.25) is 0 Å². The maximum Gasteiger partial charge on any atom is 0.223 e. The van der Waals surface area contributed by atoms with Crippen LogP contribution in [0, 0.1) is 0 Å². The summed E-state index contributed by atoms with van der Waals surface area (Å²) in [5, 5.41) is 0.527. The molecule has 3 atom stereocenters. The molecule has 0 saturated carbocycles. The topological polar surface area (TPSA) is 46.3 Å². The Hall–Kier alpha value is -1.16. The second kappa shape index (κ2) is 6.53. The van der Waals surface area contributed by atoms with Crippen molar-refractivity contribution in [3.05, 3.63) is 29.8 Å². The number of nitrogens with two attached hydrogens (primary N) is 1. The molecule has 1 aromatic rings. The maximum absolute atomic E-state index is 12.5. The molecule has 0 aromatic heterocycles. The Kier molecular flexibility index (Phi) is 4.97. The Bertz CT molecular complexity index is 460. The van der Waals surface area contributed by atoms with Crippen LogP contribution < -0.4 is 5.73 Å². The minimum Gasteiger partial charge on any atom is -0.399 e. The first kappa shape index (κ1) is 15.2. The van der Waals surface area contributed by atoms with Gasteiger partial charge >= 0.3 is 0 Å². The van der Waals surface area contributed by atoms with Crippen molar-refractivity contribution in [3.63, 3.8) is 0 Å². The Balaban J connectivity index is 1.98. The van der Waals surface area contributed by atoms with Gasteiger partial charge in [0.1, 0.15) is 0 Å². The number of carbonyl (C=O) groups excluding carboxylic acids is 1. The minimum atomic E-state index is 0.236. The molecule has 1 amide bonds. The molecule has 2 N–H and O–H groups in total. The molecule has 3 nitrogen and oxygen atoms in total. The molecule has 1 saturated heterocycles. The predicted molar refractivity (Wildman–Crippen MR) is 87.0 cm³/mol. The molecule has 0 radical (unpaired) electrons. The van der Waals surface area contributed by atoms with Gasteiger partial charge in [0, 0.05) is 35.7 Å². The lowest BCUT2D eigenvalue weighted by Crippen LogP contribution is -2.48. The fourth-order valence-corrected chi connectivity index (χ4v) is 3.71. The van der Waals surface area contributed by atoms with Gasteiger partial charge in [-0.15, -0.1) is 0 Å². The Labute approximate surface area is 125 Å². The largest absolute Gasteiger partial charge is 0.399 e. The normalized spacial score (nSPS) is 24.4. The van der Waals surface area contributed by atoms with E-state index in [1.165, 1.54) is 5.56 Å². The van der Waals surface area contributed by atoms with Gasteiger partial charge in [0.25, 0.3) is 0 Å². The first-order valence-corrected chi connectivity index (χ1v) is 8.30. The van der Waals surface area contributed by atoms with Crippen molar-refractivity contribution >= 4 is 23.4 Å². The van der Waals surface area contributed by atoms with E-state index in [0.717, 1.165) is 18.0 Å². The molecule has 2 rings (SSSR count). The van der Waals surface area contributed by atoms with E-state index in [1.54, 1.807) is 0 Å². The molecule has 0 spiro atoms. The van der Waals surface area contributed by atoms with Gasteiger partial charge in [-0.1, -0.05) is 26.0 Å². The molecule has 20 heavy (non-hydrogen) atoms. The number of nitrogens with zero attached hydrogens (tertiary/aromatic N) is 1. The van der Waals surface area contributed by atoms with E-state index in [1.807, 2.05) is 36.0 Å². The van der Waals surface area contributed by atoms with E-state index < -0.39 is 0 Å². The summed E-state index contributed by atoms with van der Waals surface area (Å²) >= 11 is 1.96. The Morgan fingerprint density at radius 1 is 1.40 bits per heavy atom. The van der Waals surface area contributed by atoms with Gasteiger partial charge in [-0.2, -0.15) is 11.8 Å². The van der Waals surface area contributed by atoms with Gasteiger partial charge in [0.05, 0.1) is 0 Å². The molecular weight excluding hydrogens is 268 g/mol. The lowest BCUT2D eigenvalue weighted by molar-refractivity contribution is -0.133. The quantitative estimate of drug-likeness (QED) is 0.871. The van der Waals surface area contributed by atoms with Gasteiger partial charge in [0.2, 0.25) is 5.91 Å². The summed E-state index contributed by atoms with van der Waals surface area (Å²) in [5.74, 6) is 1.56. The molecule has 1 fully saturated rings. The second-order valence-electron chi connectivity index (χ2n) is 5.68. The number of hydrogen-bond donors (Lipinski definition) is 1. The van der Waals surface area contributed by atoms with Crippen molar-refractivity contribution < 1.29 is 4.79 Å². The summed E-state index contributed by atoms with van der Waals surface area (Å²) in [7, 11) is 0.